The molecular weight excluding hydrogens is 334 g/mol. The van der Waals surface area contributed by atoms with E-state index in [1.165, 1.54) is 6.20 Å². The molecule has 0 radical (unpaired) electrons. The molecule has 0 aliphatic rings. The van der Waals surface area contributed by atoms with Crippen molar-refractivity contribution in [3.63, 3.8) is 0 Å². The molecule has 0 aliphatic carbocycles. The molecule has 0 amide bonds. The molecule has 0 aliphatic heterocycles. The maximum Gasteiger partial charge on any atom is 0.416 e. The molecular formula is C16H8F6N2. The van der Waals surface area contributed by atoms with Crippen molar-refractivity contribution >= 4 is 10.9 Å². The first-order valence-electron chi connectivity index (χ1n) is 6.66. The smallest absolute Gasteiger partial charge is 0.236 e. The molecule has 1 aromatic heterocycles. The molecule has 8 heteroatoms. The maximum atomic E-state index is 12.9. The number of aromatic nitrogens is 2. The average Bonchev–Trinajstić information content (AvgIpc) is 2.52. The number of benzene rings is 2. The van der Waals surface area contributed by atoms with Crippen LogP contribution in [0.3, 0.4) is 0 Å². The fraction of sp³-hybridized carbons (Fsp3) is 0.125. The summed E-state index contributed by atoms with van der Waals surface area (Å²) < 4.78 is 77.4. The minimum absolute atomic E-state index is 0.0740. The van der Waals surface area contributed by atoms with Crippen LogP contribution in [0.25, 0.3) is 22.3 Å². The lowest BCUT2D eigenvalue weighted by molar-refractivity contribution is -0.143. The van der Waals surface area contributed by atoms with Gasteiger partial charge in [0.15, 0.2) is 5.82 Å². The molecule has 0 saturated carbocycles. The Hall–Kier alpha value is -2.64. The van der Waals surface area contributed by atoms with Crippen LogP contribution in [0.4, 0.5) is 26.3 Å². The zero-order valence-electron chi connectivity index (χ0n) is 11.8. The standard InChI is InChI=1S/C16H8F6N2/c17-15(18,19)11-5-10(6-12(7-11)16(20,21)22)14-23-8-9-3-1-2-4-13(9)24-14/h1-8H. The van der Waals surface area contributed by atoms with Crippen molar-refractivity contribution in [1.29, 1.82) is 0 Å². The third-order valence-electron chi connectivity index (χ3n) is 3.33. The van der Waals surface area contributed by atoms with E-state index in [-0.39, 0.29) is 17.5 Å². The predicted molar refractivity (Wildman–Crippen MR) is 75.0 cm³/mol. The van der Waals surface area contributed by atoms with Crippen molar-refractivity contribution in [3.05, 3.63) is 59.8 Å². The molecule has 24 heavy (non-hydrogen) atoms. The topological polar surface area (TPSA) is 25.8 Å². The maximum absolute atomic E-state index is 12.9. The number of halogens is 6. The summed E-state index contributed by atoms with van der Waals surface area (Å²) in [6.07, 6.45) is -8.47. The Bertz CT molecular complexity index is 867. The Kier molecular flexibility index (Phi) is 3.70. The van der Waals surface area contributed by atoms with Crippen LogP contribution >= 0.6 is 0 Å². The van der Waals surface area contributed by atoms with E-state index in [2.05, 4.69) is 9.97 Å². The molecule has 0 spiro atoms. The lowest BCUT2D eigenvalue weighted by Crippen LogP contribution is -2.11. The number of nitrogens with zero attached hydrogens (tertiary/aromatic N) is 2. The highest BCUT2D eigenvalue weighted by molar-refractivity contribution is 5.79. The molecule has 0 bridgehead atoms. The molecule has 0 atom stereocenters. The summed E-state index contributed by atoms with van der Waals surface area (Å²) >= 11 is 0. The van der Waals surface area contributed by atoms with Gasteiger partial charge in [-0.2, -0.15) is 26.3 Å². The van der Waals surface area contributed by atoms with Crippen LogP contribution in [0.15, 0.2) is 48.7 Å². The van der Waals surface area contributed by atoms with E-state index in [0.717, 1.165) is 0 Å². The van der Waals surface area contributed by atoms with Crippen molar-refractivity contribution in [1.82, 2.24) is 9.97 Å². The molecule has 3 aromatic rings. The highest BCUT2D eigenvalue weighted by Gasteiger charge is 2.37. The van der Waals surface area contributed by atoms with Crippen LogP contribution in [-0.4, -0.2) is 9.97 Å². The highest BCUT2D eigenvalue weighted by Crippen LogP contribution is 2.38. The van der Waals surface area contributed by atoms with Crippen LogP contribution in [0, 0.1) is 0 Å². The fourth-order valence-electron chi connectivity index (χ4n) is 2.20. The van der Waals surface area contributed by atoms with E-state index < -0.39 is 23.5 Å². The largest absolute Gasteiger partial charge is 0.416 e. The lowest BCUT2D eigenvalue weighted by Gasteiger charge is -2.13. The van der Waals surface area contributed by atoms with Crippen molar-refractivity contribution in [2.24, 2.45) is 0 Å². The number of hydrogen-bond donors (Lipinski definition) is 0. The summed E-state index contributed by atoms with van der Waals surface area (Å²) in [5.41, 5.74) is -2.72. The average molecular weight is 342 g/mol. The Morgan fingerprint density at radius 2 is 1.33 bits per heavy atom. The number of para-hydroxylation sites is 1. The van der Waals surface area contributed by atoms with Gasteiger partial charge >= 0.3 is 12.4 Å². The number of fused-ring (bicyclic) bond motifs is 1. The van der Waals surface area contributed by atoms with E-state index in [4.69, 9.17) is 0 Å². The Labute approximate surface area is 131 Å². The summed E-state index contributed by atoms with van der Waals surface area (Å²) in [5.74, 6) is -0.203. The summed E-state index contributed by atoms with van der Waals surface area (Å²) in [7, 11) is 0. The molecule has 1 heterocycles. The van der Waals surface area contributed by atoms with Gasteiger partial charge in [0.2, 0.25) is 0 Å². The van der Waals surface area contributed by atoms with Crippen molar-refractivity contribution < 1.29 is 26.3 Å². The molecule has 0 N–H and O–H groups in total. The molecule has 0 fully saturated rings. The molecule has 2 aromatic carbocycles. The Balaban J connectivity index is 2.21. The second-order valence-electron chi connectivity index (χ2n) is 5.05. The van der Waals surface area contributed by atoms with Gasteiger partial charge in [0.05, 0.1) is 16.6 Å². The van der Waals surface area contributed by atoms with Gasteiger partial charge in [-0.1, -0.05) is 18.2 Å². The molecule has 124 valence electrons. The van der Waals surface area contributed by atoms with Gasteiger partial charge in [-0.05, 0) is 24.3 Å². The second-order valence-corrected chi connectivity index (χ2v) is 5.05. The first-order valence-corrected chi connectivity index (χ1v) is 6.66. The quantitative estimate of drug-likeness (QED) is 0.558. The van der Waals surface area contributed by atoms with Gasteiger partial charge in [0, 0.05) is 17.1 Å². The normalized spacial score (nSPS) is 12.6. The number of hydrogen-bond acceptors (Lipinski definition) is 2. The van der Waals surface area contributed by atoms with Gasteiger partial charge < -0.3 is 0 Å². The lowest BCUT2D eigenvalue weighted by atomic mass is 10.0. The van der Waals surface area contributed by atoms with Gasteiger partial charge in [0.1, 0.15) is 0 Å². The van der Waals surface area contributed by atoms with Crippen molar-refractivity contribution in [2.45, 2.75) is 12.4 Å². The van der Waals surface area contributed by atoms with Crippen LogP contribution < -0.4 is 0 Å². The monoisotopic (exact) mass is 342 g/mol. The zero-order chi connectivity index (χ0) is 17.5. The number of rotatable bonds is 1. The van der Waals surface area contributed by atoms with Crippen LogP contribution in [0.1, 0.15) is 11.1 Å². The van der Waals surface area contributed by atoms with Gasteiger partial charge in [-0.3, -0.25) is 0 Å². The van der Waals surface area contributed by atoms with Crippen molar-refractivity contribution in [3.8, 4) is 11.4 Å². The first-order chi connectivity index (χ1) is 11.1. The van der Waals surface area contributed by atoms with E-state index in [1.807, 2.05) is 0 Å². The first kappa shape index (κ1) is 16.2. The fourth-order valence-corrected chi connectivity index (χ4v) is 2.20. The van der Waals surface area contributed by atoms with Crippen LogP contribution in [-0.2, 0) is 12.4 Å². The Morgan fingerprint density at radius 1 is 0.750 bits per heavy atom. The predicted octanol–water partition coefficient (Wildman–Crippen LogP) is 5.33. The summed E-state index contributed by atoms with van der Waals surface area (Å²) in [4.78, 5) is 7.92. The third kappa shape index (κ3) is 3.17. The summed E-state index contributed by atoms with van der Waals surface area (Å²) in [6, 6.07) is 7.96. The van der Waals surface area contributed by atoms with E-state index in [9.17, 15) is 26.3 Å². The van der Waals surface area contributed by atoms with Gasteiger partial charge in [-0.15, -0.1) is 0 Å². The summed E-state index contributed by atoms with van der Waals surface area (Å²) in [6.45, 7) is 0. The van der Waals surface area contributed by atoms with Crippen LogP contribution in [0.5, 0.6) is 0 Å². The minimum atomic E-state index is -4.91. The zero-order valence-corrected chi connectivity index (χ0v) is 11.8. The second kappa shape index (κ2) is 5.47. The molecule has 2 nitrogen and oxygen atoms in total. The number of alkyl halides is 6. The van der Waals surface area contributed by atoms with Crippen molar-refractivity contribution in [2.75, 3.05) is 0 Å². The molecule has 3 rings (SSSR count). The van der Waals surface area contributed by atoms with Gasteiger partial charge in [0.25, 0.3) is 0 Å². The van der Waals surface area contributed by atoms with Crippen LogP contribution in [0.2, 0.25) is 0 Å². The summed E-state index contributed by atoms with van der Waals surface area (Å²) in [5, 5.41) is 0.629. The molecule has 0 saturated heterocycles. The van der Waals surface area contributed by atoms with E-state index in [0.29, 0.717) is 23.0 Å². The Morgan fingerprint density at radius 3 is 1.92 bits per heavy atom. The van der Waals surface area contributed by atoms with Gasteiger partial charge in [-0.25, -0.2) is 9.97 Å². The minimum Gasteiger partial charge on any atom is -0.236 e. The molecule has 0 unspecified atom stereocenters. The third-order valence-corrected chi connectivity index (χ3v) is 3.33. The SMILES string of the molecule is FC(F)(F)c1cc(-c2ncc3ccccc3n2)cc(C(F)(F)F)c1. The van der Waals surface area contributed by atoms with E-state index in [1.54, 1.807) is 24.3 Å². The highest BCUT2D eigenvalue weighted by atomic mass is 19.4. The van der Waals surface area contributed by atoms with E-state index >= 15 is 0 Å².